The monoisotopic (exact) mass is 412 g/mol. The summed E-state index contributed by atoms with van der Waals surface area (Å²) in [4.78, 5) is 0. The fourth-order valence-electron chi connectivity index (χ4n) is 4.41. The lowest BCUT2D eigenvalue weighted by Crippen LogP contribution is -2.41. The zero-order valence-electron chi connectivity index (χ0n) is 16.7. The molecule has 4 rings (SSSR count). The van der Waals surface area contributed by atoms with E-state index in [1.807, 2.05) is 38.1 Å². The number of halogens is 1. The maximum Gasteiger partial charge on any atom is 0.200 e. The van der Waals surface area contributed by atoms with Crippen molar-refractivity contribution in [3.8, 4) is 11.8 Å². The van der Waals surface area contributed by atoms with Gasteiger partial charge in [-0.1, -0.05) is 42.6 Å². The highest BCUT2D eigenvalue weighted by atomic mass is 35.5. The molecule has 7 nitrogen and oxygen atoms in total. The maximum atomic E-state index is 9.89. The Morgan fingerprint density at radius 2 is 2.00 bits per heavy atom. The number of hydrazine groups is 1. The van der Waals surface area contributed by atoms with Gasteiger partial charge in [0.05, 0.1) is 17.0 Å². The quantitative estimate of drug-likeness (QED) is 0.713. The highest BCUT2D eigenvalue weighted by Gasteiger charge is 2.50. The number of allylic oxidation sites excluding steroid dienone is 1. The average Bonchev–Trinajstić information content (AvgIpc) is 3.22. The van der Waals surface area contributed by atoms with Crippen LogP contribution in [0.5, 0.6) is 0 Å². The lowest BCUT2D eigenvalue weighted by Gasteiger charge is -2.35. The number of nitrogens with two attached hydrogens (primary N) is 1. The summed E-state index contributed by atoms with van der Waals surface area (Å²) in [6.07, 6.45) is 1.62. The van der Waals surface area contributed by atoms with Crippen molar-refractivity contribution in [2.24, 2.45) is 11.7 Å². The van der Waals surface area contributed by atoms with Crippen molar-refractivity contribution in [3.05, 3.63) is 57.7 Å². The Bertz CT molecular complexity index is 990. The molecule has 152 valence electrons. The van der Waals surface area contributed by atoms with Gasteiger partial charge in [-0.15, -0.1) is 0 Å². The molecule has 1 aromatic heterocycles. The van der Waals surface area contributed by atoms with Gasteiger partial charge >= 0.3 is 0 Å². The van der Waals surface area contributed by atoms with Gasteiger partial charge in [-0.3, -0.25) is 5.43 Å². The molecule has 1 aromatic carbocycles. The molecule has 4 atom stereocenters. The molecule has 2 aliphatic rings. The zero-order valence-corrected chi connectivity index (χ0v) is 17.5. The first kappa shape index (κ1) is 19.8. The lowest BCUT2D eigenvalue weighted by molar-refractivity contribution is 0.0336. The number of hydrogen-bond donors (Lipinski definition) is 3. The van der Waals surface area contributed by atoms with Crippen molar-refractivity contribution in [1.82, 2.24) is 20.6 Å². The Kier molecular flexibility index (Phi) is 5.26. The number of benzene rings is 1. The first-order valence-corrected chi connectivity index (χ1v) is 10.2. The van der Waals surface area contributed by atoms with Crippen molar-refractivity contribution < 1.29 is 4.74 Å². The molecular formula is C21H25ClN6O. The molecule has 0 aliphatic carbocycles. The molecule has 0 bridgehead atoms. The number of ether oxygens (including phenoxy) is 1. The van der Waals surface area contributed by atoms with Crippen LogP contribution in [0.15, 0.2) is 35.7 Å². The third-order valence-electron chi connectivity index (χ3n) is 5.80. The average molecular weight is 413 g/mol. The second kappa shape index (κ2) is 7.71. The second-order valence-corrected chi connectivity index (χ2v) is 8.06. The summed E-state index contributed by atoms with van der Waals surface area (Å²) in [6, 6.07) is 10.4. The van der Waals surface area contributed by atoms with Crippen LogP contribution in [0.2, 0.25) is 5.15 Å². The van der Waals surface area contributed by atoms with Crippen LogP contribution in [0.3, 0.4) is 0 Å². The largest absolute Gasteiger partial charge is 0.458 e. The van der Waals surface area contributed by atoms with E-state index >= 15 is 0 Å². The van der Waals surface area contributed by atoms with Gasteiger partial charge in [0.15, 0.2) is 6.23 Å². The van der Waals surface area contributed by atoms with Crippen LogP contribution in [0.25, 0.3) is 5.69 Å². The molecule has 0 spiro atoms. The van der Waals surface area contributed by atoms with E-state index in [0.717, 1.165) is 35.3 Å². The van der Waals surface area contributed by atoms with Gasteiger partial charge < -0.3 is 10.5 Å². The smallest absolute Gasteiger partial charge is 0.200 e. The van der Waals surface area contributed by atoms with E-state index in [1.54, 1.807) is 4.68 Å². The van der Waals surface area contributed by atoms with E-state index < -0.39 is 0 Å². The van der Waals surface area contributed by atoms with Crippen LogP contribution >= 0.6 is 11.6 Å². The Balaban J connectivity index is 1.85. The van der Waals surface area contributed by atoms with Crippen LogP contribution < -0.4 is 16.6 Å². The number of nitrogens with one attached hydrogen (secondary N) is 2. The van der Waals surface area contributed by atoms with Crippen LogP contribution in [0.4, 0.5) is 0 Å². The van der Waals surface area contributed by atoms with Crippen LogP contribution in [-0.4, -0.2) is 22.1 Å². The second-order valence-electron chi connectivity index (χ2n) is 7.70. The van der Waals surface area contributed by atoms with Crippen molar-refractivity contribution >= 4 is 11.6 Å². The van der Waals surface area contributed by atoms with Gasteiger partial charge in [-0.2, -0.15) is 10.4 Å². The molecule has 2 aromatic rings. The Morgan fingerprint density at radius 3 is 2.66 bits per heavy atom. The van der Waals surface area contributed by atoms with E-state index in [1.165, 1.54) is 0 Å². The molecule has 0 amide bonds. The van der Waals surface area contributed by atoms with E-state index in [2.05, 4.69) is 23.8 Å². The highest BCUT2D eigenvalue weighted by molar-refractivity contribution is 6.30. The third-order valence-corrected chi connectivity index (χ3v) is 6.16. The molecule has 4 N–H and O–H groups in total. The van der Waals surface area contributed by atoms with Gasteiger partial charge in [0.2, 0.25) is 5.88 Å². The fourth-order valence-corrected chi connectivity index (χ4v) is 4.80. The number of aromatic nitrogens is 2. The number of nitrogens with zero attached hydrogens (tertiary/aromatic N) is 3. The Hall–Kier alpha value is -2.53. The molecule has 0 radical (unpaired) electrons. The number of fused-ring (bicyclic) bond motifs is 1. The number of hydrogen-bond acceptors (Lipinski definition) is 6. The van der Waals surface area contributed by atoms with Gasteiger partial charge in [0.1, 0.15) is 11.2 Å². The van der Waals surface area contributed by atoms with Crippen LogP contribution in [0, 0.1) is 31.1 Å². The first-order valence-electron chi connectivity index (χ1n) is 9.85. The highest BCUT2D eigenvalue weighted by Crippen LogP contribution is 2.47. The summed E-state index contributed by atoms with van der Waals surface area (Å²) in [7, 11) is 0. The van der Waals surface area contributed by atoms with E-state index in [-0.39, 0.29) is 30.0 Å². The van der Waals surface area contributed by atoms with Crippen LogP contribution in [0.1, 0.15) is 42.5 Å². The zero-order chi connectivity index (χ0) is 20.7. The summed E-state index contributed by atoms with van der Waals surface area (Å²) in [5, 5.41) is 15.1. The molecule has 8 heteroatoms. The topological polar surface area (TPSA) is 101 Å². The molecule has 0 saturated carbocycles. The van der Waals surface area contributed by atoms with E-state index in [0.29, 0.717) is 10.7 Å². The molecule has 29 heavy (non-hydrogen) atoms. The van der Waals surface area contributed by atoms with Crippen molar-refractivity contribution in [1.29, 1.82) is 5.26 Å². The summed E-state index contributed by atoms with van der Waals surface area (Å²) < 4.78 is 7.55. The standard InChI is InChI=1S/C21H25ClN6O/c1-4-5-15-18-17(14(10-23)20(24)29-21(18)26-25-15)16-12(3)27-28(19(16)22)13-8-6-11(2)7-9-13/h6-9,15,17-18,21,25-26H,4-5,24H2,1-3H3. The summed E-state index contributed by atoms with van der Waals surface area (Å²) >= 11 is 6.87. The minimum absolute atomic E-state index is 0.0243. The fraction of sp³-hybridized carbons (Fsp3) is 0.429. The molecule has 1 saturated heterocycles. The van der Waals surface area contributed by atoms with Crippen molar-refractivity contribution in [2.75, 3.05) is 0 Å². The van der Waals surface area contributed by atoms with Gasteiger partial charge in [-0.25, -0.2) is 10.1 Å². The Morgan fingerprint density at radius 1 is 1.28 bits per heavy atom. The summed E-state index contributed by atoms with van der Waals surface area (Å²) in [5.41, 5.74) is 16.7. The minimum atomic E-state index is -0.327. The molecule has 3 heterocycles. The van der Waals surface area contributed by atoms with E-state index in [4.69, 9.17) is 27.2 Å². The van der Waals surface area contributed by atoms with Crippen LogP contribution in [-0.2, 0) is 4.74 Å². The molecular weight excluding hydrogens is 388 g/mol. The van der Waals surface area contributed by atoms with Gasteiger partial charge in [-0.05, 0) is 32.4 Å². The van der Waals surface area contributed by atoms with Gasteiger partial charge in [0, 0.05) is 23.4 Å². The Labute approximate surface area is 175 Å². The maximum absolute atomic E-state index is 9.89. The third kappa shape index (κ3) is 3.27. The number of nitriles is 1. The molecule has 4 unspecified atom stereocenters. The van der Waals surface area contributed by atoms with Gasteiger partial charge in [0.25, 0.3) is 0 Å². The number of aryl methyl sites for hydroxylation is 2. The summed E-state index contributed by atoms with van der Waals surface area (Å²) in [5.74, 6) is -0.183. The van der Waals surface area contributed by atoms with Crippen molar-refractivity contribution in [2.45, 2.75) is 51.8 Å². The molecule has 2 aliphatic heterocycles. The predicted octanol–water partition coefficient (Wildman–Crippen LogP) is 3.17. The normalized spacial score (nSPS) is 26.2. The molecule has 1 fully saturated rings. The van der Waals surface area contributed by atoms with E-state index in [9.17, 15) is 5.26 Å². The SMILES string of the molecule is CCCC1NNC2OC(N)=C(C#N)C(c3c(C)nn(-c4ccc(C)cc4)c3Cl)C12. The first-order chi connectivity index (χ1) is 14.0. The number of rotatable bonds is 4. The lowest BCUT2D eigenvalue weighted by atomic mass is 9.75. The summed E-state index contributed by atoms with van der Waals surface area (Å²) in [6.45, 7) is 6.09. The minimum Gasteiger partial charge on any atom is -0.458 e. The predicted molar refractivity (Wildman–Crippen MR) is 111 cm³/mol. The van der Waals surface area contributed by atoms with Crippen molar-refractivity contribution in [3.63, 3.8) is 0 Å².